The maximum Gasteiger partial charge on any atom is 0.241 e. The molecule has 0 saturated carbocycles. The van der Waals surface area contributed by atoms with E-state index >= 15 is 0 Å². The highest BCUT2D eigenvalue weighted by Crippen LogP contribution is 2.32. The van der Waals surface area contributed by atoms with Crippen molar-refractivity contribution in [2.45, 2.75) is 13.0 Å². The molecule has 8 heteroatoms. The lowest BCUT2D eigenvalue weighted by Crippen LogP contribution is -2.52. The van der Waals surface area contributed by atoms with Crippen molar-refractivity contribution in [1.82, 2.24) is 4.90 Å². The summed E-state index contributed by atoms with van der Waals surface area (Å²) in [5.41, 5.74) is 1.51. The Morgan fingerprint density at radius 2 is 1.59 bits per heavy atom. The number of aromatic hydroxyl groups is 1. The van der Waals surface area contributed by atoms with Gasteiger partial charge in [-0.05, 0) is 43.3 Å². The normalized spacial score (nSPS) is 16.2. The fourth-order valence-electron chi connectivity index (χ4n) is 3.05. The molecule has 2 aromatic rings. The van der Waals surface area contributed by atoms with Crippen molar-refractivity contribution in [1.29, 1.82) is 0 Å². The maximum absolute atomic E-state index is 12.6. The number of benzene rings is 2. The van der Waals surface area contributed by atoms with Gasteiger partial charge in [-0.3, -0.25) is 9.69 Å². The number of carbonyl (C=O) groups excluding carboxylic acids is 1. The lowest BCUT2D eigenvalue weighted by Gasteiger charge is -2.38. The number of carbonyl (C=O) groups is 1. The molecular formula is C19H20Cl3N3O2. The molecule has 2 aromatic carbocycles. The van der Waals surface area contributed by atoms with Crippen LogP contribution >= 0.6 is 34.8 Å². The molecule has 144 valence electrons. The van der Waals surface area contributed by atoms with Crippen molar-refractivity contribution in [2.75, 3.05) is 36.4 Å². The quantitative estimate of drug-likeness (QED) is 0.704. The topological polar surface area (TPSA) is 55.8 Å². The molecule has 1 saturated heterocycles. The smallest absolute Gasteiger partial charge is 0.241 e. The predicted octanol–water partition coefficient (Wildman–Crippen LogP) is 4.50. The highest BCUT2D eigenvalue weighted by Gasteiger charge is 2.26. The number of nitrogens with zero attached hydrogens (tertiary/aromatic N) is 2. The van der Waals surface area contributed by atoms with Gasteiger partial charge in [-0.2, -0.15) is 0 Å². The fourth-order valence-corrected chi connectivity index (χ4v) is 3.65. The minimum Gasteiger partial charge on any atom is -0.508 e. The van der Waals surface area contributed by atoms with E-state index in [1.807, 2.05) is 19.1 Å². The van der Waals surface area contributed by atoms with Gasteiger partial charge < -0.3 is 15.3 Å². The zero-order chi connectivity index (χ0) is 19.6. The Balaban J connectivity index is 1.58. The van der Waals surface area contributed by atoms with Gasteiger partial charge in [0.15, 0.2) is 0 Å². The van der Waals surface area contributed by atoms with Gasteiger partial charge >= 0.3 is 0 Å². The van der Waals surface area contributed by atoms with E-state index < -0.39 is 0 Å². The van der Waals surface area contributed by atoms with Gasteiger partial charge in [0, 0.05) is 31.9 Å². The summed E-state index contributed by atoms with van der Waals surface area (Å²) < 4.78 is 0. The number of phenols is 1. The minimum atomic E-state index is -0.308. The first-order valence-corrected chi connectivity index (χ1v) is 9.72. The molecule has 0 radical (unpaired) electrons. The second kappa shape index (κ2) is 8.57. The molecule has 2 N–H and O–H groups in total. The number of halogens is 3. The lowest BCUT2D eigenvalue weighted by atomic mass is 10.2. The Kier molecular flexibility index (Phi) is 6.37. The van der Waals surface area contributed by atoms with Gasteiger partial charge in [0.2, 0.25) is 5.91 Å². The molecule has 1 aliphatic heterocycles. The van der Waals surface area contributed by atoms with Crippen LogP contribution in [0.15, 0.2) is 36.4 Å². The predicted molar refractivity (Wildman–Crippen MR) is 111 cm³/mol. The highest BCUT2D eigenvalue weighted by molar-refractivity contribution is 6.44. The average Bonchev–Trinajstić information content (AvgIpc) is 2.66. The largest absolute Gasteiger partial charge is 0.508 e. The number of phenolic OH excluding ortho intramolecular Hbond substituents is 1. The van der Waals surface area contributed by atoms with Crippen molar-refractivity contribution in [3.8, 4) is 5.75 Å². The molecule has 1 unspecified atom stereocenters. The summed E-state index contributed by atoms with van der Waals surface area (Å²) in [5, 5.41) is 13.3. The van der Waals surface area contributed by atoms with Crippen LogP contribution in [-0.2, 0) is 4.79 Å². The number of hydrogen-bond donors (Lipinski definition) is 2. The molecule has 0 aliphatic carbocycles. The molecule has 1 fully saturated rings. The van der Waals surface area contributed by atoms with E-state index in [-0.39, 0.29) is 17.7 Å². The molecule has 0 spiro atoms. The molecule has 3 rings (SSSR count). The summed E-state index contributed by atoms with van der Waals surface area (Å²) >= 11 is 18.1. The summed E-state index contributed by atoms with van der Waals surface area (Å²) in [7, 11) is 0. The third-order valence-corrected chi connectivity index (χ3v) is 5.76. The zero-order valence-electron chi connectivity index (χ0n) is 14.8. The van der Waals surface area contributed by atoms with Gasteiger partial charge in [0.1, 0.15) is 5.75 Å². The standard InChI is InChI=1S/C19H20Cl3N3O2/c1-12(19(27)23-18-11-16(21)15(20)10-17(18)22)24-6-8-25(9-7-24)13-2-4-14(26)5-3-13/h2-5,10-12,26H,6-9H2,1H3,(H,23,27). The fraction of sp³-hybridized carbons (Fsp3) is 0.316. The molecule has 1 heterocycles. The molecule has 1 aliphatic rings. The van der Waals surface area contributed by atoms with Crippen LogP contribution < -0.4 is 10.2 Å². The Hall–Kier alpha value is -1.66. The first-order valence-electron chi connectivity index (χ1n) is 8.58. The van der Waals surface area contributed by atoms with Crippen LogP contribution in [0, 0.1) is 0 Å². The van der Waals surface area contributed by atoms with E-state index in [1.165, 1.54) is 6.07 Å². The second-order valence-electron chi connectivity index (χ2n) is 6.45. The van der Waals surface area contributed by atoms with E-state index in [2.05, 4.69) is 15.1 Å². The van der Waals surface area contributed by atoms with Crippen molar-refractivity contribution in [3.63, 3.8) is 0 Å². The van der Waals surface area contributed by atoms with E-state index in [1.54, 1.807) is 18.2 Å². The summed E-state index contributed by atoms with van der Waals surface area (Å²) in [4.78, 5) is 17.0. The van der Waals surface area contributed by atoms with E-state index in [9.17, 15) is 9.90 Å². The van der Waals surface area contributed by atoms with Crippen LogP contribution in [0.2, 0.25) is 15.1 Å². The summed E-state index contributed by atoms with van der Waals surface area (Å²) in [6.07, 6.45) is 0. The maximum atomic E-state index is 12.6. The average molecular weight is 429 g/mol. The molecular weight excluding hydrogens is 409 g/mol. The Labute approximate surface area is 173 Å². The van der Waals surface area contributed by atoms with Gasteiger partial charge in [0.25, 0.3) is 0 Å². The molecule has 1 amide bonds. The monoisotopic (exact) mass is 427 g/mol. The molecule has 5 nitrogen and oxygen atoms in total. The van der Waals surface area contributed by atoms with Crippen LogP contribution in [0.25, 0.3) is 0 Å². The summed E-state index contributed by atoms with van der Waals surface area (Å²) in [6.45, 7) is 4.98. The number of nitrogens with one attached hydrogen (secondary N) is 1. The summed E-state index contributed by atoms with van der Waals surface area (Å²) in [6, 6.07) is 9.91. The Morgan fingerprint density at radius 1 is 1.00 bits per heavy atom. The Morgan fingerprint density at radius 3 is 2.22 bits per heavy atom. The van der Waals surface area contributed by atoms with Gasteiger partial charge in [-0.25, -0.2) is 0 Å². The minimum absolute atomic E-state index is 0.145. The highest BCUT2D eigenvalue weighted by atomic mass is 35.5. The molecule has 0 aromatic heterocycles. The van der Waals surface area contributed by atoms with Gasteiger partial charge in [0.05, 0.1) is 26.8 Å². The summed E-state index contributed by atoms with van der Waals surface area (Å²) in [5.74, 6) is 0.108. The van der Waals surface area contributed by atoms with Crippen molar-refractivity contribution in [2.24, 2.45) is 0 Å². The lowest BCUT2D eigenvalue weighted by molar-refractivity contribution is -0.120. The Bertz CT molecular complexity index is 822. The van der Waals surface area contributed by atoms with E-state index in [0.29, 0.717) is 20.8 Å². The second-order valence-corrected chi connectivity index (χ2v) is 7.67. The van der Waals surface area contributed by atoms with Crippen LogP contribution in [0.1, 0.15) is 6.92 Å². The van der Waals surface area contributed by atoms with Crippen molar-refractivity contribution < 1.29 is 9.90 Å². The van der Waals surface area contributed by atoms with Crippen molar-refractivity contribution in [3.05, 3.63) is 51.5 Å². The number of rotatable bonds is 4. The zero-order valence-corrected chi connectivity index (χ0v) is 17.0. The van der Waals surface area contributed by atoms with Gasteiger partial charge in [-0.15, -0.1) is 0 Å². The van der Waals surface area contributed by atoms with Crippen LogP contribution in [-0.4, -0.2) is 48.1 Å². The number of hydrogen-bond acceptors (Lipinski definition) is 4. The number of piperazine rings is 1. The third kappa shape index (κ3) is 4.79. The van der Waals surface area contributed by atoms with Crippen LogP contribution in [0.5, 0.6) is 5.75 Å². The number of anilines is 2. The van der Waals surface area contributed by atoms with Crippen LogP contribution in [0.3, 0.4) is 0 Å². The van der Waals surface area contributed by atoms with Crippen molar-refractivity contribution >= 4 is 52.1 Å². The molecule has 1 atom stereocenters. The van der Waals surface area contributed by atoms with Crippen LogP contribution in [0.4, 0.5) is 11.4 Å². The first-order chi connectivity index (χ1) is 12.8. The van der Waals surface area contributed by atoms with E-state index in [4.69, 9.17) is 34.8 Å². The SMILES string of the molecule is CC(C(=O)Nc1cc(Cl)c(Cl)cc1Cl)N1CCN(c2ccc(O)cc2)CC1. The van der Waals surface area contributed by atoms with Gasteiger partial charge in [-0.1, -0.05) is 34.8 Å². The number of amides is 1. The third-order valence-electron chi connectivity index (χ3n) is 4.72. The molecule has 27 heavy (non-hydrogen) atoms. The molecule has 0 bridgehead atoms. The first kappa shape index (κ1) is 20.1. The van der Waals surface area contributed by atoms with E-state index in [0.717, 1.165) is 31.9 Å².